The van der Waals surface area contributed by atoms with E-state index in [1.807, 2.05) is 20.9 Å². The highest BCUT2D eigenvalue weighted by molar-refractivity contribution is 14.0. The lowest BCUT2D eigenvalue weighted by molar-refractivity contribution is 0.0683. The third kappa shape index (κ3) is 7.06. The minimum atomic E-state index is -0.172. The Labute approximate surface area is 166 Å². The minimum Gasteiger partial charge on any atom is -0.381 e. The van der Waals surface area contributed by atoms with Gasteiger partial charge in [-0.05, 0) is 27.2 Å². The summed E-state index contributed by atoms with van der Waals surface area (Å²) in [7, 11) is 2.04. The van der Waals surface area contributed by atoms with Crippen LogP contribution in [0.5, 0.6) is 0 Å². The number of nitrogens with zero attached hydrogens (tertiary/aromatic N) is 4. The van der Waals surface area contributed by atoms with Crippen LogP contribution in [0.3, 0.4) is 0 Å². The molecule has 1 N–H and O–H groups in total. The van der Waals surface area contributed by atoms with E-state index < -0.39 is 0 Å². The molecule has 0 aromatic carbocycles. The van der Waals surface area contributed by atoms with Gasteiger partial charge < -0.3 is 24.2 Å². The van der Waals surface area contributed by atoms with Crippen molar-refractivity contribution < 1.29 is 14.0 Å². The highest BCUT2D eigenvalue weighted by Crippen LogP contribution is 2.14. The predicted molar refractivity (Wildman–Crippen MR) is 106 cm³/mol. The van der Waals surface area contributed by atoms with Gasteiger partial charge >= 0.3 is 0 Å². The van der Waals surface area contributed by atoms with Crippen LogP contribution in [-0.2, 0) is 16.0 Å². The van der Waals surface area contributed by atoms with Gasteiger partial charge in [0.25, 0.3) is 0 Å². The van der Waals surface area contributed by atoms with E-state index in [4.69, 9.17) is 14.0 Å². The molecule has 1 aliphatic heterocycles. The van der Waals surface area contributed by atoms with Gasteiger partial charge in [0.05, 0.1) is 6.61 Å². The Balaban J connectivity index is 0.00000312. The number of hydrogen-bond acceptors (Lipinski definition) is 6. The predicted octanol–water partition coefficient (Wildman–Crippen LogP) is 2.22. The maximum absolute atomic E-state index is 5.46. The molecule has 1 saturated heterocycles. The Hall–Kier alpha value is -0.940. The van der Waals surface area contributed by atoms with Crippen LogP contribution in [0.2, 0.25) is 0 Å². The molecule has 144 valence electrons. The summed E-state index contributed by atoms with van der Waals surface area (Å²) in [6.45, 7) is 10.3. The monoisotopic (exact) mass is 467 g/mol. The summed E-state index contributed by atoms with van der Waals surface area (Å²) >= 11 is 0. The van der Waals surface area contributed by atoms with Crippen molar-refractivity contribution in [2.75, 3.05) is 40.0 Å². The highest BCUT2D eigenvalue weighted by atomic mass is 127. The van der Waals surface area contributed by atoms with Gasteiger partial charge in [0.15, 0.2) is 11.8 Å². The van der Waals surface area contributed by atoms with E-state index in [9.17, 15) is 0 Å². The molecule has 1 aromatic rings. The van der Waals surface area contributed by atoms with Crippen molar-refractivity contribution in [2.24, 2.45) is 10.9 Å². The molecule has 1 fully saturated rings. The lowest BCUT2D eigenvalue weighted by atomic mass is 10.1. The van der Waals surface area contributed by atoms with E-state index in [0.717, 1.165) is 38.7 Å². The smallest absolute Gasteiger partial charge is 0.248 e. The van der Waals surface area contributed by atoms with Gasteiger partial charge in [-0.15, -0.1) is 24.0 Å². The fraction of sp³-hybridized carbons (Fsp3) is 0.812. The zero-order valence-electron chi connectivity index (χ0n) is 15.5. The first-order chi connectivity index (χ1) is 11.6. The number of hydrogen-bond donors (Lipinski definition) is 1. The quantitative estimate of drug-likeness (QED) is 0.357. The summed E-state index contributed by atoms with van der Waals surface area (Å²) in [5, 5.41) is 7.25. The molecular formula is C16H30IN5O3. The number of aliphatic imine (C=N–C) groups is 1. The van der Waals surface area contributed by atoms with Crippen molar-refractivity contribution in [1.82, 2.24) is 20.4 Å². The van der Waals surface area contributed by atoms with Crippen LogP contribution in [0.4, 0.5) is 0 Å². The molecule has 2 unspecified atom stereocenters. The summed E-state index contributed by atoms with van der Waals surface area (Å²) in [6.07, 6.45) is 0.932. The molecule has 1 aromatic heterocycles. The van der Waals surface area contributed by atoms with Gasteiger partial charge in [-0.2, -0.15) is 4.98 Å². The minimum absolute atomic E-state index is 0. The molecule has 0 radical (unpaired) electrons. The van der Waals surface area contributed by atoms with E-state index in [2.05, 4.69) is 32.3 Å². The first-order valence-electron chi connectivity index (χ1n) is 8.65. The van der Waals surface area contributed by atoms with Gasteiger partial charge in [-0.25, -0.2) is 4.99 Å². The average molecular weight is 467 g/mol. The SMILES string of the molecule is CCNC(=NCc1nc(C(C)OCC)no1)N(C)CC1CCOC1.I. The van der Waals surface area contributed by atoms with Gasteiger partial charge in [-0.1, -0.05) is 5.16 Å². The van der Waals surface area contributed by atoms with E-state index in [1.165, 1.54) is 0 Å². The molecule has 2 heterocycles. The molecule has 0 bridgehead atoms. The molecule has 9 heteroatoms. The van der Waals surface area contributed by atoms with Crippen LogP contribution < -0.4 is 5.32 Å². The second kappa shape index (κ2) is 11.6. The Morgan fingerprint density at radius 2 is 2.28 bits per heavy atom. The lowest BCUT2D eigenvalue weighted by Crippen LogP contribution is -2.41. The van der Waals surface area contributed by atoms with Crippen molar-refractivity contribution in [3.05, 3.63) is 11.7 Å². The van der Waals surface area contributed by atoms with Crippen LogP contribution >= 0.6 is 24.0 Å². The third-order valence-electron chi connectivity index (χ3n) is 3.88. The number of aromatic nitrogens is 2. The molecule has 8 nitrogen and oxygen atoms in total. The largest absolute Gasteiger partial charge is 0.381 e. The Morgan fingerprint density at radius 3 is 2.92 bits per heavy atom. The molecule has 0 saturated carbocycles. The van der Waals surface area contributed by atoms with Crippen LogP contribution in [0.25, 0.3) is 0 Å². The van der Waals surface area contributed by atoms with Crippen molar-refractivity contribution >= 4 is 29.9 Å². The van der Waals surface area contributed by atoms with Crippen molar-refractivity contribution in [1.29, 1.82) is 0 Å². The topological polar surface area (TPSA) is 85.0 Å². The second-order valence-electron chi connectivity index (χ2n) is 5.92. The Kier molecular flexibility index (Phi) is 10.3. The van der Waals surface area contributed by atoms with Gasteiger partial charge in [-0.3, -0.25) is 0 Å². The number of halogens is 1. The molecule has 0 aliphatic carbocycles. The molecule has 0 amide bonds. The molecular weight excluding hydrogens is 437 g/mol. The summed E-state index contributed by atoms with van der Waals surface area (Å²) in [4.78, 5) is 11.1. The van der Waals surface area contributed by atoms with Crippen molar-refractivity contribution in [2.45, 2.75) is 39.8 Å². The summed E-state index contributed by atoms with van der Waals surface area (Å²) in [5.74, 6) is 2.44. The normalized spacial score (nSPS) is 18.7. The zero-order chi connectivity index (χ0) is 17.4. The maximum Gasteiger partial charge on any atom is 0.248 e. The summed E-state index contributed by atoms with van der Waals surface area (Å²) < 4.78 is 16.2. The fourth-order valence-corrected chi connectivity index (χ4v) is 2.64. The summed E-state index contributed by atoms with van der Waals surface area (Å²) in [6, 6.07) is 0. The first kappa shape index (κ1) is 22.1. The molecule has 1 aliphatic rings. The van der Waals surface area contributed by atoms with Crippen LogP contribution in [0.15, 0.2) is 9.52 Å². The molecule has 2 rings (SSSR count). The first-order valence-corrected chi connectivity index (χ1v) is 8.65. The average Bonchev–Trinajstić information content (AvgIpc) is 3.23. The van der Waals surface area contributed by atoms with Gasteiger partial charge in [0, 0.05) is 39.3 Å². The van der Waals surface area contributed by atoms with Gasteiger partial charge in [0.1, 0.15) is 12.6 Å². The fourth-order valence-electron chi connectivity index (χ4n) is 2.64. The van der Waals surface area contributed by atoms with E-state index in [0.29, 0.717) is 30.8 Å². The Bertz CT molecular complexity index is 520. The van der Waals surface area contributed by atoms with E-state index >= 15 is 0 Å². The van der Waals surface area contributed by atoms with Crippen molar-refractivity contribution in [3.8, 4) is 0 Å². The molecule has 2 atom stereocenters. The lowest BCUT2D eigenvalue weighted by Gasteiger charge is -2.24. The molecule has 0 spiro atoms. The highest BCUT2D eigenvalue weighted by Gasteiger charge is 2.19. The maximum atomic E-state index is 5.46. The van der Waals surface area contributed by atoms with Gasteiger partial charge in [0.2, 0.25) is 5.89 Å². The number of guanidine groups is 1. The second-order valence-corrected chi connectivity index (χ2v) is 5.92. The third-order valence-corrected chi connectivity index (χ3v) is 3.88. The number of nitrogens with one attached hydrogen (secondary N) is 1. The van der Waals surface area contributed by atoms with E-state index in [1.54, 1.807) is 0 Å². The van der Waals surface area contributed by atoms with Crippen LogP contribution in [-0.4, -0.2) is 61.0 Å². The summed E-state index contributed by atoms with van der Waals surface area (Å²) in [5.41, 5.74) is 0. The standard InChI is InChI=1S/C16H29N5O3.HI/c1-5-17-16(21(4)10-13-7-8-22-11-13)18-9-14-19-15(20-24-14)12(3)23-6-2;/h12-13H,5-11H2,1-4H3,(H,17,18);1H. The van der Waals surface area contributed by atoms with Crippen LogP contribution in [0, 0.1) is 5.92 Å². The van der Waals surface area contributed by atoms with Crippen molar-refractivity contribution in [3.63, 3.8) is 0 Å². The Morgan fingerprint density at radius 1 is 1.48 bits per heavy atom. The molecule has 25 heavy (non-hydrogen) atoms. The number of ether oxygens (including phenoxy) is 2. The number of rotatable bonds is 8. The zero-order valence-corrected chi connectivity index (χ0v) is 17.9. The van der Waals surface area contributed by atoms with E-state index in [-0.39, 0.29) is 30.1 Å². The van der Waals surface area contributed by atoms with Crippen LogP contribution in [0.1, 0.15) is 45.0 Å².